The Morgan fingerprint density at radius 3 is 2.89 bits per heavy atom. The molecule has 1 saturated heterocycles. The van der Waals surface area contributed by atoms with E-state index in [2.05, 4.69) is 9.97 Å². The highest BCUT2D eigenvalue weighted by molar-refractivity contribution is 5.03. The monoisotopic (exact) mass is 248 g/mol. The van der Waals surface area contributed by atoms with Crippen molar-refractivity contribution in [3.05, 3.63) is 24.3 Å². The minimum atomic E-state index is -0.500. The number of rotatable bonds is 2. The van der Waals surface area contributed by atoms with Gasteiger partial charge in [-0.25, -0.2) is 0 Å². The Hall–Kier alpha value is -1.00. The molecule has 3 rings (SSSR count). The summed E-state index contributed by atoms with van der Waals surface area (Å²) >= 11 is 0. The molecule has 2 aliphatic rings. The molecule has 2 atom stereocenters. The first-order chi connectivity index (χ1) is 8.79. The van der Waals surface area contributed by atoms with Gasteiger partial charge in [0.1, 0.15) is 6.10 Å². The molecule has 4 heteroatoms. The van der Waals surface area contributed by atoms with Crippen molar-refractivity contribution in [3.8, 4) is 0 Å². The lowest BCUT2D eigenvalue weighted by molar-refractivity contribution is -0.113. The predicted molar refractivity (Wildman–Crippen MR) is 66.9 cm³/mol. The maximum Gasteiger partial charge on any atom is 0.100 e. The topological polar surface area (TPSA) is 55.2 Å². The largest absolute Gasteiger partial charge is 0.386 e. The zero-order chi connectivity index (χ0) is 12.4. The number of nitrogens with zero attached hydrogens (tertiary/aromatic N) is 2. The molecule has 0 aromatic carbocycles. The Bertz CT molecular complexity index is 390. The van der Waals surface area contributed by atoms with Crippen molar-refractivity contribution in [1.82, 2.24) is 9.97 Å². The van der Waals surface area contributed by atoms with Gasteiger partial charge in [0.05, 0.1) is 17.5 Å². The normalized spacial score (nSPS) is 28.4. The highest BCUT2D eigenvalue weighted by Crippen LogP contribution is 2.44. The lowest BCUT2D eigenvalue weighted by Gasteiger charge is -2.39. The highest BCUT2D eigenvalue weighted by Gasteiger charge is 2.42. The molecule has 4 nitrogen and oxygen atoms in total. The first kappa shape index (κ1) is 12.1. The quantitative estimate of drug-likeness (QED) is 0.872. The molecule has 1 aromatic rings. The van der Waals surface area contributed by atoms with Gasteiger partial charge in [-0.1, -0.05) is 12.8 Å². The molecule has 98 valence electrons. The Kier molecular flexibility index (Phi) is 3.31. The van der Waals surface area contributed by atoms with E-state index in [1.807, 2.05) is 0 Å². The van der Waals surface area contributed by atoms with Crippen LogP contribution in [0.4, 0.5) is 0 Å². The number of aliphatic hydroxyl groups excluding tert-OH is 1. The molecule has 0 radical (unpaired) electrons. The molecule has 18 heavy (non-hydrogen) atoms. The van der Waals surface area contributed by atoms with Crippen LogP contribution < -0.4 is 0 Å². The van der Waals surface area contributed by atoms with Crippen molar-refractivity contribution in [2.45, 2.75) is 50.2 Å². The molecule has 1 spiro atoms. The van der Waals surface area contributed by atoms with Gasteiger partial charge in [-0.3, -0.25) is 9.97 Å². The van der Waals surface area contributed by atoms with Gasteiger partial charge in [0.25, 0.3) is 0 Å². The van der Waals surface area contributed by atoms with Crippen LogP contribution in [0.15, 0.2) is 18.6 Å². The van der Waals surface area contributed by atoms with Crippen molar-refractivity contribution in [1.29, 1.82) is 0 Å². The Morgan fingerprint density at radius 2 is 2.17 bits per heavy atom. The third-order valence-corrected chi connectivity index (χ3v) is 4.38. The summed E-state index contributed by atoms with van der Waals surface area (Å²) in [5, 5.41) is 10.4. The Morgan fingerprint density at radius 1 is 1.33 bits per heavy atom. The molecule has 2 unspecified atom stereocenters. The van der Waals surface area contributed by atoms with Crippen LogP contribution in [0.25, 0.3) is 0 Å². The van der Waals surface area contributed by atoms with Crippen LogP contribution in [0.5, 0.6) is 0 Å². The van der Waals surface area contributed by atoms with Crippen molar-refractivity contribution >= 4 is 0 Å². The standard InChI is InChI=1S/C14H20N2O2/c17-13(12-10-15-6-7-16-12)11-3-8-18-14(9-11)4-1-2-5-14/h6-7,10-11,13,17H,1-5,8-9H2. The summed E-state index contributed by atoms with van der Waals surface area (Å²) in [7, 11) is 0. The maximum atomic E-state index is 10.4. The first-order valence-corrected chi connectivity index (χ1v) is 6.87. The summed E-state index contributed by atoms with van der Waals surface area (Å²) < 4.78 is 6.00. The number of ether oxygens (including phenoxy) is 1. The molecule has 1 N–H and O–H groups in total. The number of hydrogen-bond acceptors (Lipinski definition) is 4. The van der Waals surface area contributed by atoms with Crippen molar-refractivity contribution < 1.29 is 9.84 Å². The van der Waals surface area contributed by atoms with Crippen LogP contribution >= 0.6 is 0 Å². The summed E-state index contributed by atoms with van der Waals surface area (Å²) in [6, 6.07) is 0. The van der Waals surface area contributed by atoms with Crippen molar-refractivity contribution in [2.24, 2.45) is 5.92 Å². The fourth-order valence-corrected chi connectivity index (χ4v) is 3.41. The van der Waals surface area contributed by atoms with E-state index in [0.29, 0.717) is 5.69 Å². The van der Waals surface area contributed by atoms with Gasteiger partial charge < -0.3 is 9.84 Å². The molecule has 1 saturated carbocycles. The fourth-order valence-electron chi connectivity index (χ4n) is 3.41. The van der Waals surface area contributed by atoms with Gasteiger partial charge in [-0.05, 0) is 31.6 Å². The van der Waals surface area contributed by atoms with E-state index in [0.717, 1.165) is 32.3 Å². The summed E-state index contributed by atoms with van der Waals surface area (Å²) in [6.07, 6.45) is 11.1. The average Bonchev–Trinajstić information content (AvgIpc) is 2.87. The van der Waals surface area contributed by atoms with Crippen LogP contribution in [-0.2, 0) is 4.74 Å². The van der Waals surface area contributed by atoms with Crippen LogP contribution in [0.2, 0.25) is 0 Å². The highest BCUT2D eigenvalue weighted by atomic mass is 16.5. The number of aromatic nitrogens is 2. The fraction of sp³-hybridized carbons (Fsp3) is 0.714. The second-order valence-electron chi connectivity index (χ2n) is 5.57. The smallest absolute Gasteiger partial charge is 0.100 e. The molecular weight excluding hydrogens is 228 g/mol. The average molecular weight is 248 g/mol. The molecule has 0 amide bonds. The molecule has 1 aromatic heterocycles. The van der Waals surface area contributed by atoms with Gasteiger partial charge >= 0.3 is 0 Å². The van der Waals surface area contributed by atoms with Crippen LogP contribution in [0, 0.1) is 5.92 Å². The zero-order valence-electron chi connectivity index (χ0n) is 10.6. The molecule has 2 fully saturated rings. The van der Waals surface area contributed by atoms with E-state index in [-0.39, 0.29) is 11.5 Å². The molecule has 1 aliphatic carbocycles. The van der Waals surface area contributed by atoms with Gasteiger partial charge in [0, 0.05) is 19.0 Å². The third kappa shape index (κ3) is 2.27. The van der Waals surface area contributed by atoms with Crippen molar-refractivity contribution in [3.63, 3.8) is 0 Å². The molecular formula is C14H20N2O2. The summed E-state index contributed by atoms with van der Waals surface area (Å²) in [5.74, 6) is 0.258. The maximum absolute atomic E-state index is 10.4. The second-order valence-corrected chi connectivity index (χ2v) is 5.57. The van der Waals surface area contributed by atoms with E-state index < -0.39 is 6.10 Å². The van der Waals surface area contributed by atoms with Crippen molar-refractivity contribution in [2.75, 3.05) is 6.61 Å². The summed E-state index contributed by atoms with van der Waals surface area (Å²) in [5.41, 5.74) is 0.740. The summed E-state index contributed by atoms with van der Waals surface area (Å²) in [4.78, 5) is 8.25. The minimum Gasteiger partial charge on any atom is -0.386 e. The van der Waals surface area contributed by atoms with E-state index in [9.17, 15) is 5.11 Å². The molecule has 2 heterocycles. The van der Waals surface area contributed by atoms with E-state index in [1.54, 1.807) is 18.6 Å². The van der Waals surface area contributed by atoms with E-state index in [1.165, 1.54) is 12.8 Å². The number of aliphatic hydroxyl groups is 1. The van der Waals surface area contributed by atoms with Gasteiger partial charge in [-0.2, -0.15) is 0 Å². The Balaban J connectivity index is 1.72. The SMILES string of the molecule is OC(c1cnccn1)C1CCOC2(CCCC2)C1. The summed E-state index contributed by atoms with van der Waals surface area (Å²) in [6.45, 7) is 0.766. The molecule has 0 bridgehead atoms. The van der Waals surface area contributed by atoms with Gasteiger partial charge in [0.15, 0.2) is 0 Å². The van der Waals surface area contributed by atoms with E-state index in [4.69, 9.17) is 4.74 Å². The third-order valence-electron chi connectivity index (χ3n) is 4.38. The minimum absolute atomic E-state index is 0.0477. The number of hydrogen-bond donors (Lipinski definition) is 1. The predicted octanol–water partition coefficient (Wildman–Crippen LogP) is 2.25. The second kappa shape index (κ2) is 4.94. The molecule has 1 aliphatic heterocycles. The van der Waals surface area contributed by atoms with Crippen LogP contribution in [0.1, 0.15) is 50.3 Å². The van der Waals surface area contributed by atoms with Gasteiger partial charge in [-0.15, -0.1) is 0 Å². The first-order valence-electron chi connectivity index (χ1n) is 6.87. The van der Waals surface area contributed by atoms with Crippen LogP contribution in [-0.4, -0.2) is 27.3 Å². The van der Waals surface area contributed by atoms with Gasteiger partial charge in [0.2, 0.25) is 0 Å². The lowest BCUT2D eigenvalue weighted by atomic mass is 9.81. The lowest BCUT2D eigenvalue weighted by Crippen LogP contribution is -2.39. The zero-order valence-corrected chi connectivity index (χ0v) is 10.6. The van der Waals surface area contributed by atoms with Crippen LogP contribution in [0.3, 0.4) is 0 Å². The van der Waals surface area contributed by atoms with E-state index >= 15 is 0 Å². The Labute approximate surface area is 107 Å².